The summed E-state index contributed by atoms with van der Waals surface area (Å²) in [6, 6.07) is 115. The molecule has 0 atom stereocenters. The summed E-state index contributed by atoms with van der Waals surface area (Å²) in [6.45, 7) is 13.9. The second-order valence-corrected chi connectivity index (χ2v) is 28.0. The molecule has 0 saturated heterocycles. The van der Waals surface area contributed by atoms with Crippen LogP contribution in [-0.2, 0) is 10.8 Å². The number of hydrogen-bond acceptors (Lipinski definition) is 2. The van der Waals surface area contributed by atoms with Crippen LogP contribution in [0.5, 0.6) is 0 Å². The quantitative estimate of drug-likeness (QED) is 0.111. The highest BCUT2D eigenvalue weighted by Gasteiger charge is 2.46. The van der Waals surface area contributed by atoms with Crippen molar-refractivity contribution in [3.05, 3.63) is 314 Å². The van der Waals surface area contributed by atoms with E-state index >= 15 is 0 Å². The lowest BCUT2D eigenvalue weighted by atomic mass is 9.33. The van der Waals surface area contributed by atoms with Crippen molar-refractivity contribution in [2.75, 3.05) is 9.80 Å². The van der Waals surface area contributed by atoms with E-state index in [1.54, 1.807) is 0 Å². The van der Waals surface area contributed by atoms with Gasteiger partial charge >= 0.3 is 0 Å². The van der Waals surface area contributed by atoms with Gasteiger partial charge in [-0.3, -0.25) is 0 Å². The number of fused-ring (bicyclic) bond motifs is 7. The maximum atomic E-state index is 2.69. The number of anilines is 6. The van der Waals surface area contributed by atoms with E-state index in [-0.39, 0.29) is 17.5 Å². The second kappa shape index (κ2) is 21.2. The van der Waals surface area contributed by atoms with Crippen LogP contribution in [-0.4, -0.2) is 11.3 Å². The van der Waals surface area contributed by atoms with E-state index < -0.39 is 0 Å². The molecule has 2 aliphatic heterocycles. The maximum absolute atomic E-state index is 2.69. The molecule has 0 radical (unpaired) electrons. The summed E-state index contributed by atoms with van der Waals surface area (Å²) in [5.41, 5.74) is 28.2. The van der Waals surface area contributed by atoms with Gasteiger partial charge < -0.3 is 14.4 Å². The molecule has 0 fully saturated rings. The number of nitrogens with zero attached hydrogens (tertiary/aromatic N) is 3. The smallest absolute Gasteiger partial charge is 0.252 e. The van der Waals surface area contributed by atoms with E-state index in [9.17, 15) is 0 Å². The van der Waals surface area contributed by atoms with Crippen LogP contribution in [0.4, 0.5) is 34.1 Å². The molecule has 3 heterocycles. The fourth-order valence-corrected chi connectivity index (χ4v) is 15.8. The van der Waals surface area contributed by atoms with Crippen LogP contribution in [0, 0.1) is 0 Å². The van der Waals surface area contributed by atoms with Gasteiger partial charge in [0.2, 0.25) is 0 Å². The lowest BCUT2D eigenvalue weighted by molar-refractivity contribution is 0.590. The summed E-state index contributed by atoms with van der Waals surface area (Å²) in [5, 5.41) is 10.2. The van der Waals surface area contributed by atoms with Crippen LogP contribution in [0.1, 0.15) is 52.7 Å². The van der Waals surface area contributed by atoms with Gasteiger partial charge in [0.05, 0.1) is 22.4 Å². The van der Waals surface area contributed by atoms with Crippen molar-refractivity contribution in [2.24, 2.45) is 0 Å². The summed E-state index contributed by atoms with van der Waals surface area (Å²) >= 11 is 0. The average Bonchev–Trinajstić information content (AvgIpc) is 0.781. The van der Waals surface area contributed by atoms with Gasteiger partial charge in [-0.05, 0) is 159 Å². The normalized spacial score (nSPS) is 12.9. The van der Waals surface area contributed by atoms with E-state index in [0.717, 1.165) is 78.6 Å². The van der Waals surface area contributed by atoms with Crippen molar-refractivity contribution in [3.63, 3.8) is 0 Å². The lowest BCUT2D eigenvalue weighted by Crippen LogP contribution is -2.61. The Morgan fingerprint density at radius 1 is 0.277 bits per heavy atom. The first-order valence-corrected chi connectivity index (χ1v) is 33.2. The molecule has 15 aromatic carbocycles. The largest absolute Gasteiger partial charge is 0.310 e. The molecule has 0 amide bonds. The highest BCUT2D eigenvalue weighted by molar-refractivity contribution is 7.00. The molecule has 0 N–H and O–H groups in total. The molecule has 94 heavy (non-hydrogen) atoms. The summed E-state index contributed by atoms with van der Waals surface area (Å²) in [6.07, 6.45) is 0. The lowest BCUT2D eigenvalue weighted by Gasteiger charge is -2.46. The molecule has 446 valence electrons. The number of hydrogen-bond donors (Lipinski definition) is 0. The fourth-order valence-electron chi connectivity index (χ4n) is 15.8. The third-order valence-electron chi connectivity index (χ3n) is 20.3. The zero-order valence-electron chi connectivity index (χ0n) is 53.8. The van der Waals surface area contributed by atoms with Crippen LogP contribution in [0.2, 0.25) is 0 Å². The molecule has 18 rings (SSSR count). The predicted molar refractivity (Wildman–Crippen MR) is 403 cm³/mol. The van der Waals surface area contributed by atoms with Crippen molar-refractivity contribution in [2.45, 2.75) is 52.4 Å². The zero-order chi connectivity index (χ0) is 63.1. The molecule has 0 unspecified atom stereocenters. The molecule has 0 bridgehead atoms. The zero-order valence-corrected chi connectivity index (χ0v) is 53.8. The molecule has 0 spiro atoms. The Kier molecular flexibility index (Phi) is 12.5. The van der Waals surface area contributed by atoms with Crippen LogP contribution in [0.3, 0.4) is 0 Å². The van der Waals surface area contributed by atoms with Crippen LogP contribution in [0.25, 0.3) is 115 Å². The van der Waals surface area contributed by atoms with E-state index in [1.807, 2.05) is 0 Å². The van der Waals surface area contributed by atoms with Crippen molar-refractivity contribution in [1.82, 2.24) is 4.57 Å². The number of aromatic nitrogens is 1. The Balaban J connectivity index is 0.984. The molecule has 2 aliphatic rings. The van der Waals surface area contributed by atoms with Crippen LogP contribution < -0.4 is 26.2 Å². The first-order chi connectivity index (χ1) is 45.9. The number of benzene rings is 15. The highest BCUT2D eigenvalue weighted by Crippen LogP contribution is 2.54. The van der Waals surface area contributed by atoms with Gasteiger partial charge in [0.25, 0.3) is 6.71 Å². The van der Waals surface area contributed by atoms with E-state index in [4.69, 9.17) is 0 Å². The van der Waals surface area contributed by atoms with E-state index in [1.165, 1.54) is 98.5 Å². The Morgan fingerprint density at radius 2 is 0.681 bits per heavy atom. The minimum Gasteiger partial charge on any atom is -0.310 e. The van der Waals surface area contributed by atoms with Gasteiger partial charge in [-0.2, -0.15) is 0 Å². The SMILES string of the molecule is CC(C)(C)c1cc2c3c(c1)N(c1c(-c4ccccc4)cccc1-c1ccccc1)c1cc(-n4c5ccccc5c5ccccc54)ccc1B3c1cc(-c3cc4ccc5cc(C(C)(C)C)cc6ccc(c3)c4c56)ccc1N2c1c(-c2ccccc2)cccc1-c1ccccc1. The Morgan fingerprint density at radius 3 is 1.13 bits per heavy atom. The minimum absolute atomic E-state index is 0.0338. The van der Waals surface area contributed by atoms with Crippen LogP contribution in [0.15, 0.2) is 303 Å². The van der Waals surface area contributed by atoms with Crippen LogP contribution >= 0.6 is 0 Å². The highest BCUT2D eigenvalue weighted by atomic mass is 15.2. The number of para-hydroxylation sites is 4. The van der Waals surface area contributed by atoms with Crippen molar-refractivity contribution in [3.8, 4) is 61.3 Å². The first kappa shape index (κ1) is 55.6. The van der Waals surface area contributed by atoms with Gasteiger partial charge in [0, 0.05) is 61.5 Å². The molecular formula is C90H68BN3. The predicted octanol–water partition coefficient (Wildman–Crippen LogP) is 22.7. The van der Waals surface area contributed by atoms with E-state index in [0.29, 0.717) is 0 Å². The fraction of sp³-hybridized carbons (Fsp3) is 0.0889. The van der Waals surface area contributed by atoms with Crippen molar-refractivity contribution in [1.29, 1.82) is 0 Å². The second-order valence-electron chi connectivity index (χ2n) is 28.0. The van der Waals surface area contributed by atoms with Gasteiger partial charge in [-0.25, -0.2) is 0 Å². The number of rotatable bonds is 8. The van der Waals surface area contributed by atoms with Gasteiger partial charge in [0.15, 0.2) is 0 Å². The Bertz CT molecular complexity index is 5460. The standard InChI is InChI=1S/C90H68BN3/c1-89(2,3)67-51-64-43-41-62-49-66(50-63-42-44-65(52-67)85(64)84(62)63)61-45-48-80-77(53-61)91-76-47-46-69(92-78-39-21-19-33-74(78)75-34-20-22-40-79(75)92)56-81(76)94(88-72(59-29-15-9-16-30-59)37-24-38-73(88)60-31-17-10-18-32-60)83-55-68(90(4,5)6)54-82(86(83)91)93(80)87-70(57-25-11-7-12-26-57)35-23-36-71(87)58-27-13-8-14-28-58/h7-56H,1-6H3. The molecule has 0 aliphatic carbocycles. The van der Waals surface area contributed by atoms with Crippen molar-refractivity contribution >= 4 is 111 Å². The maximum Gasteiger partial charge on any atom is 0.252 e. The van der Waals surface area contributed by atoms with Crippen molar-refractivity contribution < 1.29 is 0 Å². The van der Waals surface area contributed by atoms with Gasteiger partial charge in [-0.15, -0.1) is 0 Å². The Labute approximate surface area is 550 Å². The topological polar surface area (TPSA) is 11.4 Å². The third kappa shape index (κ3) is 8.73. The molecule has 1 aromatic heterocycles. The average molecular weight is 1200 g/mol. The monoisotopic (exact) mass is 1200 g/mol. The molecule has 16 aromatic rings. The third-order valence-corrected chi connectivity index (χ3v) is 20.3. The van der Waals surface area contributed by atoms with E-state index in [2.05, 4.69) is 359 Å². The summed E-state index contributed by atoms with van der Waals surface area (Å²) < 4.78 is 2.49. The Hall–Kier alpha value is -11.2. The summed E-state index contributed by atoms with van der Waals surface area (Å²) in [7, 11) is 0. The van der Waals surface area contributed by atoms with Gasteiger partial charge in [0.1, 0.15) is 0 Å². The summed E-state index contributed by atoms with van der Waals surface area (Å²) in [5.74, 6) is 0. The first-order valence-electron chi connectivity index (χ1n) is 33.2. The summed E-state index contributed by atoms with van der Waals surface area (Å²) in [4.78, 5) is 5.37. The van der Waals surface area contributed by atoms with Gasteiger partial charge in [-0.1, -0.05) is 290 Å². The molecule has 4 heteroatoms. The molecular weight excluding hydrogens is 1130 g/mol. The molecule has 3 nitrogen and oxygen atoms in total. The minimum atomic E-state index is -0.276. The molecule has 0 saturated carbocycles.